The zero-order valence-corrected chi connectivity index (χ0v) is 20.9. The van der Waals surface area contributed by atoms with Crippen LogP contribution in [0.5, 0.6) is 17.2 Å². The first-order chi connectivity index (χ1) is 16.4. The second-order valence-electron chi connectivity index (χ2n) is 9.00. The molecular weight excluding hydrogens is 436 g/mol. The maximum atomic E-state index is 12.3. The first kappa shape index (κ1) is 26.3. The highest BCUT2D eigenvalue weighted by Crippen LogP contribution is 2.54. The number of aliphatic hydroxyl groups is 1. The van der Waals surface area contributed by atoms with Gasteiger partial charge in [0.25, 0.3) is 0 Å². The topological polar surface area (TPSA) is 75.6 Å². The van der Waals surface area contributed by atoms with E-state index in [9.17, 15) is 5.11 Å². The van der Waals surface area contributed by atoms with Crippen molar-refractivity contribution in [3.8, 4) is 17.2 Å². The quantitative estimate of drug-likeness (QED) is 0.407. The van der Waals surface area contributed by atoms with E-state index in [1.54, 1.807) is 21.3 Å². The van der Waals surface area contributed by atoms with E-state index in [4.69, 9.17) is 28.4 Å². The highest BCUT2D eigenvalue weighted by atomic mass is 16.7. The van der Waals surface area contributed by atoms with Crippen LogP contribution in [0.3, 0.4) is 0 Å². The normalized spacial score (nSPS) is 19.7. The van der Waals surface area contributed by atoms with Crippen molar-refractivity contribution in [2.75, 3.05) is 41.7 Å². The number of benzene rings is 2. The molecule has 0 heterocycles. The standard InChI is InChI=1S/C27H38O7/c1-19(2)27(28,20-9-11-21(12-10-20)32-16-29-3)25-8-6-7-23(25)24-15-22(33-17-30-4)13-14-26(24)34-18-31-5/h9-15,19,23,25,28H,6-8,16-18H2,1-5H3/t23-,25-,27?/m0/s1. The van der Waals surface area contributed by atoms with Gasteiger partial charge >= 0.3 is 0 Å². The molecule has 2 aromatic rings. The molecule has 0 spiro atoms. The Morgan fingerprint density at radius 1 is 0.824 bits per heavy atom. The van der Waals surface area contributed by atoms with Crippen molar-refractivity contribution in [2.45, 2.75) is 44.6 Å². The molecule has 1 saturated carbocycles. The third-order valence-electron chi connectivity index (χ3n) is 6.68. The summed E-state index contributed by atoms with van der Waals surface area (Å²) in [7, 11) is 4.79. The van der Waals surface area contributed by atoms with Gasteiger partial charge in [-0.2, -0.15) is 0 Å². The summed E-state index contributed by atoms with van der Waals surface area (Å²) in [6.07, 6.45) is 2.88. The van der Waals surface area contributed by atoms with Crippen molar-refractivity contribution in [1.82, 2.24) is 0 Å². The second-order valence-corrected chi connectivity index (χ2v) is 9.00. The highest BCUT2D eigenvalue weighted by Gasteiger charge is 2.48. The molecule has 188 valence electrons. The molecule has 1 aliphatic carbocycles. The van der Waals surface area contributed by atoms with Crippen LogP contribution in [0.4, 0.5) is 0 Å². The van der Waals surface area contributed by atoms with E-state index in [2.05, 4.69) is 13.8 Å². The monoisotopic (exact) mass is 474 g/mol. The van der Waals surface area contributed by atoms with Crippen LogP contribution in [0, 0.1) is 11.8 Å². The molecule has 0 aliphatic heterocycles. The minimum Gasteiger partial charge on any atom is -0.468 e. The lowest BCUT2D eigenvalue weighted by atomic mass is 9.68. The first-order valence-corrected chi connectivity index (χ1v) is 11.8. The van der Waals surface area contributed by atoms with Gasteiger partial charge in [0, 0.05) is 26.9 Å². The third kappa shape index (κ3) is 5.84. The number of hydrogen-bond acceptors (Lipinski definition) is 7. The zero-order chi connectivity index (χ0) is 24.6. The van der Waals surface area contributed by atoms with Gasteiger partial charge in [-0.3, -0.25) is 0 Å². The van der Waals surface area contributed by atoms with Gasteiger partial charge in [-0.1, -0.05) is 32.4 Å². The van der Waals surface area contributed by atoms with E-state index in [1.807, 2.05) is 42.5 Å². The van der Waals surface area contributed by atoms with Gasteiger partial charge < -0.3 is 33.5 Å². The van der Waals surface area contributed by atoms with Crippen molar-refractivity contribution in [1.29, 1.82) is 0 Å². The van der Waals surface area contributed by atoms with E-state index in [0.29, 0.717) is 11.5 Å². The van der Waals surface area contributed by atoms with E-state index in [0.717, 1.165) is 36.1 Å². The fourth-order valence-electron chi connectivity index (χ4n) is 5.07. The number of hydrogen-bond donors (Lipinski definition) is 1. The van der Waals surface area contributed by atoms with Crippen LogP contribution < -0.4 is 14.2 Å². The Morgan fingerprint density at radius 3 is 2.03 bits per heavy atom. The van der Waals surface area contributed by atoms with Gasteiger partial charge in [-0.05, 0) is 66.5 Å². The third-order valence-corrected chi connectivity index (χ3v) is 6.68. The van der Waals surface area contributed by atoms with Crippen molar-refractivity contribution >= 4 is 0 Å². The summed E-state index contributed by atoms with van der Waals surface area (Å²) >= 11 is 0. The average Bonchev–Trinajstić information content (AvgIpc) is 3.35. The molecular formula is C27H38O7. The van der Waals surface area contributed by atoms with Crippen molar-refractivity contribution < 1.29 is 33.5 Å². The molecule has 7 heteroatoms. The Balaban J connectivity index is 1.98. The summed E-state index contributed by atoms with van der Waals surface area (Å²) in [5.41, 5.74) is 0.880. The van der Waals surface area contributed by atoms with Gasteiger partial charge in [0.2, 0.25) is 0 Å². The van der Waals surface area contributed by atoms with Gasteiger partial charge in [0.15, 0.2) is 20.4 Å². The summed E-state index contributed by atoms with van der Waals surface area (Å²) in [5, 5.41) is 12.3. The predicted molar refractivity (Wildman–Crippen MR) is 129 cm³/mol. The Bertz CT molecular complexity index is 883. The van der Waals surface area contributed by atoms with Crippen LogP contribution in [0.2, 0.25) is 0 Å². The van der Waals surface area contributed by atoms with Crippen LogP contribution >= 0.6 is 0 Å². The molecule has 0 amide bonds. The fourth-order valence-corrected chi connectivity index (χ4v) is 5.07. The second kappa shape index (κ2) is 12.4. The van der Waals surface area contributed by atoms with Gasteiger partial charge in [0.05, 0.1) is 5.60 Å². The first-order valence-electron chi connectivity index (χ1n) is 11.8. The minimum atomic E-state index is -1.02. The smallest absolute Gasteiger partial charge is 0.188 e. The van der Waals surface area contributed by atoms with Gasteiger partial charge in [-0.25, -0.2) is 0 Å². The molecule has 0 radical (unpaired) electrons. The number of ether oxygens (including phenoxy) is 6. The molecule has 0 aromatic heterocycles. The molecule has 1 unspecified atom stereocenters. The molecule has 34 heavy (non-hydrogen) atoms. The summed E-state index contributed by atoms with van der Waals surface area (Å²) in [5.74, 6) is 2.26. The summed E-state index contributed by atoms with van der Waals surface area (Å²) in [6.45, 7) is 4.65. The summed E-state index contributed by atoms with van der Waals surface area (Å²) in [4.78, 5) is 0. The Hall–Kier alpha value is -2.32. The van der Waals surface area contributed by atoms with Crippen LogP contribution in [-0.2, 0) is 19.8 Å². The molecule has 2 aromatic carbocycles. The maximum absolute atomic E-state index is 12.3. The van der Waals surface area contributed by atoms with Crippen LogP contribution in [0.25, 0.3) is 0 Å². The molecule has 1 N–H and O–H groups in total. The lowest BCUT2D eigenvalue weighted by molar-refractivity contribution is -0.0697. The fraction of sp³-hybridized carbons (Fsp3) is 0.556. The Kier molecular flexibility index (Phi) is 9.59. The molecule has 3 rings (SSSR count). The van der Waals surface area contributed by atoms with Crippen molar-refractivity contribution in [3.63, 3.8) is 0 Å². The SMILES string of the molecule is COCOc1ccc(C(O)(C(C)C)[C@H]2CCC[C@H]2c2cc(OCOC)ccc2OCOC)cc1. The largest absolute Gasteiger partial charge is 0.468 e. The molecule has 1 aliphatic rings. The number of methoxy groups -OCH3 is 3. The lowest BCUT2D eigenvalue weighted by Gasteiger charge is -2.42. The minimum absolute atomic E-state index is 0.000103. The van der Waals surface area contributed by atoms with E-state index in [-0.39, 0.29) is 38.1 Å². The Labute approximate surface area is 202 Å². The van der Waals surface area contributed by atoms with Crippen LogP contribution in [-0.4, -0.2) is 46.8 Å². The molecule has 1 fully saturated rings. The predicted octanol–water partition coefficient (Wildman–Crippen LogP) is 5.06. The van der Waals surface area contributed by atoms with E-state index < -0.39 is 5.60 Å². The molecule has 0 bridgehead atoms. The van der Waals surface area contributed by atoms with Gasteiger partial charge in [0.1, 0.15) is 17.2 Å². The Morgan fingerprint density at radius 2 is 1.41 bits per heavy atom. The zero-order valence-electron chi connectivity index (χ0n) is 20.9. The average molecular weight is 475 g/mol. The molecule has 3 atom stereocenters. The van der Waals surface area contributed by atoms with Crippen molar-refractivity contribution in [2.24, 2.45) is 11.8 Å². The maximum Gasteiger partial charge on any atom is 0.188 e. The number of rotatable bonds is 13. The van der Waals surface area contributed by atoms with Crippen molar-refractivity contribution in [3.05, 3.63) is 53.6 Å². The van der Waals surface area contributed by atoms with Gasteiger partial charge in [-0.15, -0.1) is 0 Å². The molecule has 0 saturated heterocycles. The lowest BCUT2D eigenvalue weighted by Crippen LogP contribution is -2.41. The van der Waals surface area contributed by atoms with Crippen LogP contribution in [0.15, 0.2) is 42.5 Å². The van der Waals surface area contributed by atoms with Crippen LogP contribution in [0.1, 0.15) is 50.2 Å². The molecule has 7 nitrogen and oxygen atoms in total. The highest BCUT2D eigenvalue weighted by molar-refractivity contribution is 5.44. The summed E-state index contributed by atoms with van der Waals surface area (Å²) < 4.78 is 32.4. The summed E-state index contributed by atoms with van der Waals surface area (Å²) in [6, 6.07) is 13.5. The van der Waals surface area contributed by atoms with E-state index in [1.165, 1.54) is 0 Å². The van der Waals surface area contributed by atoms with E-state index >= 15 is 0 Å².